The van der Waals surface area contributed by atoms with Crippen molar-refractivity contribution in [2.75, 3.05) is 39.3 Å². The number of halogens is 3. The number of piperazine rings is 1. The van der Waals surface area contributed by atoms with Crippen LogP contribution in [-0.4, -0.2) is 60.9 Å². The first-order valence-corrected chi connectivity index (χ1v) is 9.99. The van der Waals surface area contributed by atoms with E-state index in [0.717, 1.165) is 32.4 Å². The molecule has 5 nitrogen and oxygen atoms in total. The highest BCUT2D eigenvalue weighted by molar-refractivity contribution is 6.35. The average Bonchev–Trinajstić information content (AvgIpc) is 3.33. The molecule has 3 aliphatic rings. The number of carbonyl (C=O) groups excluding carboxylic acids is 2. The number of piperidine rings is 1. The summed E-state index contributed by atoms with van der Waals surface area (Å²) in [5, 5.41) is 4.28. The van der Waals surface area contributed by atoms with Crippen LogP contribution in [0.3, 0.4) is 0 Å². The SMILES string of the molecule is Cl.O=C(c1cc(Cl)cc(Cl)c1)N1CCN(C(=O)C2CC23CCNCC3)CC1. The van der Waals surface area contributed by atoms with E-state index in [9.17, 15) is 9.59 Å². The summed E-state index contributed by atoms with van der Waals surface area (Å²) in [6.45, 7) is 4.35. The molecule has 27 heavy (non-hydrogen) atoms. The maximum Gasteiger partial charge on any atom is 0.254 e. The van der Waals surface area contributed by atoms with Crippen LogP contribution in [0.4, 0.5) is 0 Å². The molecule has 0 bridgehead atoms. The van der Waals surface area contributed by atoms with Crippen molar-refractivity contribution < 1.29 is 9.59 Å². The Bertz CT molecular complexity index is 709. The molecule has 1 atom stereocenters. The van der Waals surface area contributed by atoms with Gasteiger partial charge in [0.05, 0.1) is 0 Å². The van der Waals surface area contributed by atoms with E-state index in [-0.39, 0.29) is 35.6 Å². The molecule has 148 valence electrons. The first-order valence-electron chi connectivity index (χ1n) is 9.23. The van der Waals surface area contributed by atoms with Gasteiger partial charge in [0.2, 0.25) is 5.91 Å². The molecule has 1 spiro atoms. The third-order valence-electron chi connectivity index (χ3n) is 6.08. The molecule has 1 unspecified atom stereocenters. The summed E-state index contributed by atoms with van der Waals surface area (Å²) in [7, 11) is 0. The maximum atomic E-state index is 12.8. The Kier molecular flexibility index (Phi) is 6.26. The Morgan fingerprint density at radius 2 is 1.52 bits per heavy atom. The second-order valence-electron chi connectivity index (χ2n) is 7.64. The van der Waals surface area contributed by atoms with E-state index < -0.39 is 0 Å². The van der Waals surface area contributed by atoms with Gasteiger partial charge in [-0.15, -0.1) is 12.4 Å². The van der Waals surface area contributed by atoms with Crippen molar-refractivity contribution in [1.29, 1.82) is 0 Å². The van der Waals surface area contributed by atoms with Crippen molar-refractivity contribution >= 4 is 47.4 Å². The Labute approximate surface area is 175 Å². The predicted octanol–water partition coefficient (Wildman–Crippen LogP) is 3.09. The fraction of sp³-hybridized carbons (Fsp3) is 0.579. The number of rotatable bonds is 2. The minimum atomic E-state index is -0.0808. The summed E-state index contributed by atoms with van der Waals surface area (Å²) in [5.41, 5.74) is 0.755. The van der Waals surface area contributed by atoms with E-state index in [1.807, 2.05) is 4.90 Å². The van der Waals surface area contributed by atoms with Gasteiger partial charge in [-0.05, 0) is 56.0 Å². The summed E-state index contributed by atoms with van der Waals surface area (Å²) in [6, 6.07) is 4.89. The van der Waals surface area contributed by atoms with Crippen LogP contribution >= 0.6 is 35.6 Å². The summed E-state index contributed by atoms with van der Waals surface area (Å²) in [5.74, 6) is 0.395. The lowest BCUT2D eigenvalue weighted by Gasteiger charge is -2.35. The number of carbonyl (C=O) groups is 2. The van der Waals surface area contributed by atoms with Gasteiger partial charge in [-0.2, -0.15) is 0 Å². The lowest BCUT2D eigenvalue weighted by molar-refractivity contribution is -0.135. The molecular weight excluding hydrogens is 409 g/mol. The van der Waals surface area contributed by atoms with Gasteiger partial charge in [0.25, 0.3) is 5.91 Å². The monoisotopic (exact) mass is 431 g/mol. The van der Waals surface area contributed by atoms with Gasteiger partial charge in [-0.25, -0.2) is 0 Å². The summed E-state index contributed by atoms with van der Waals surface area (Å²) in [6.07, 6.45) is 3.25. The summed E-state index contributed by atoms with van der Waals surface area (Å²) in [4.78, 5) is 29.2. The Morgan fingerprint density at radius 3 is 2.11 bits per heavy atom. The number of amides is 2. The zero-order valence-corrected chi connectivity index (χ0v) is 17.4. The first-order chi connectivity index (χ1) is 12.5. The van der Waals surface area contributed by atoms with Gasteiger partial charge in [-0.1, -0.05) is 23.2 Å². The quantitative estimate of drug-likeness (QED) is 0.781. The highest BCUT2D eigenvalue weighted by Crippen LogP contribution is 2.59. The third-order valence-corrected chi connectivity index (χ3v) is 6.51. The van der Waals surface area contributed by atoms with E-state index in [1.165, 1.54) is 0 Å². The number of nitrogens with one attached hydrogen (secondary N) is 1. The number of hydrogen-bond acceptors (Lipinski definition) is 3. The van der Waals surface area contributed by atoms with Crippen LogP contribution in [0.2, 0.25) is 10.0 Å². The van der Waals surface area contributed by atoms with Crippen LogP contribution in [-0.2, 0) is 4.79 Å². The minimum Gasteiger partial charge on any atom is -0.339 e. The summed E-state index contributed by atoms with van der Waals surface area (Å²) < 4.78 is 0. The molecule has 4 rings (SSSR count). The zero-order chi connectivity index (χ0) is 18.3. The molecule has 2 aliphatic heterocycles. The van der Waals surface area contributed by atoms with E-state index in [0.29, 0.717) is 41.8 Å². The minimum absolute atomic E-state index is 0. The predicted molar refractivity (Wildman–Crippen MR) is 109 cm³/mol. The van der Waals surface area contributed by atoms with Gasteiger partial charge in [-0.3, -0.25) is 9.59 Å². The molecule has 3 fully saturated rings. The second kappa shape index (κ2) is 8.16. The fourth-order valence-corrected chi connectivity index (χ4v) is 4.91. The van der Waals surface area contributed by atoms with E-state index >= 15 is 0 Å². The van der Waals surface area contributed by atoms with E-state index in [2.05, 4.69) is 5.32 Å². The van der Waals surface area contributed by atoms with Crippen LogP contribution in [0, 0.1) is 11.3 Å². The molecular formula is C19H24Cl3N3O2. The highest BCUT2D eigenvalue weighted by Gasteiger charge is 2.58. The fourth-order valence-electron chi connectivity index (χ4n) is 4.38. The Hall–Kier alpha value is -1.01. The molecule has 0 aromatic heterocycles. The van der Waals surface area contributed by atoms with Crippen LogP contribution in [0.1, 0.15) is 29.6 Å². The molecule has 1 aromatic carbocycles. The number of hydrogen-bond donors (Lipinski definition) is 1. The molecule has 8 heteroatoms. The van der Waals surface area contributed by atoms with Crippen molar-refractivity contribution in [1.82, 2.24) is 15.1 Å². The highest BCUT2D eigenvalue weighted by atomic mass is 35.5. The first kappa shape index (κ1) is 20.7. The standard InChI is InChI=1S/C19H23Cl2N3O2.ClH/c20-14-9-13(10-15(21)11-14)17(25)23-5-7-24(8-6-23)18(26)16-12-19(16)1-3-22-4-2-19;/h9-11,16,22H,1-8,12H2;1H. The van der Waals surface area contributed by atoms with Crippen molar-refractivity contribution in [3.8, 4) is 0 Å². The lowest BCUT2D eigenvalue weighted by Crippen LogP contribution is -2.51. The lowest BCUT2D eigenvalue weighted by atomic mass is 9.91. The van der Waals surface area contributed by atoms with Crippen molar-refractivity contribution in [3.63, 3.8) is 0 Å². The molecule has 1 N–H and O–H groups in total. The van der Waals surface area contributed by atoms with Crippen LogP contribution in [0.25, 0.3) is 0 Å². The smallest absolute Gasteiger partial charge is 0.254 e. The van der Waals surface area contributed by atoms with Gasteiger partial charge in [0, 0.05) is 47.7 Å². The van der Waals surface area contributed by atoms with E-state index in [1.54, 1.807) is 23.1 Å². The zero-order valence-electron chi connectivity index (χ0n) is 15.0. The largest absolute Gasteiger partial charge is 0.339 e. The van der Waals surface area contributed by atoms with Crippen molar-refractivity contribution in [2.24, 2.45) is 11.3 Å². The van der Waals surface area contributed by atoms with Crippen LogP contribution in [0.15, 0.2) is 18.2 Å². The van der Waals surface area contributed by atoms with Crippen molar-refractivity contribution in [2.45, 2.75) is 19.3 Å². The van der Waals surface area contributed by atoms with Gasteiger partial charge in [0.1, 0.15) is 0 Å². The van der Waals surface area contributed by atoms with Crippen LogP contribution in [0.5, 0.6) is 0 Å². The Balaban J connectivity index is 0.00000210. The Morgan fingerprint density at radius 1 is 0.963 bits per heavy atom. The van der Waals surface area contributed by atoms with Crippen molar-refractivity contribution in [3.05, 3.63) is 33.8 Å². The molecule has 2 amide bonds. The molecule has 1 aromatic rings. The molecule has 0 radical (unpaired) electrons. The topological polar surface area (TPSA) is 52.7 Å². The summed E-state index contributed by atoms with van der Waals surface area (Å²) >= 11 is 12.0. The van der Waals surface area contributed by atoms with Gasteiger partial charge >= 0.3 is 0 Å². The molecule has 1 aliphatic carbocycles. The van der Waals surface area contributed by atoms with Crippen LogP contribution < -0.4 is 5.32 Å². The maximum absolute atomic E-state index is 12.8. The normalized spacial score (nSPS) is 23.7. The molecule has 2 heterocycles. The average molecular weight is 433 g/mol. The van der Waals surface area contributed by atoms with Gasteiger partial charge < -0.3 is 15.1 Å². The number of benzene rings is 1. The van der Waals surface area contributed by atoms with E-state index in [4.69, 9.17) is 23.2 Å². The number of nitrogens with zero attached hydrogens (tertiary/aromatic N) is 2. The van der Waals surface area contributed by atoms with Gasteiger partial charge in [0.15, 0.2) is 0 Å². The molecule has 2 saturated heterocycles. The molecule has 1 saturated carbocycles. The second-order valence-corrected chi connectivity index (χ2v) is 8.52. The third kappa shape index (κ3) is 4.21.